The van der Waals surface area contributed by atoms with E-state index >= 15 is 0 Å². The first-order valence-corrected chi connectivity index (χ1v) is 6.01. The fraction of sp³-hybridized carbons (Fsp3) is 0.467. The second kappa shape index (κ2) is 7.10. The average molecular weight is 219 g/mol. The van der Waals surface area contributed by atoms with Gasteiger partial charge in [0.15, 0.2) is 0 Å². The van der Waals surface area contributed by atoms with Crippen molar-refractivity contribution in [3.63, 3.8) is 0 Å². The van der Waals surface area contributed by atoms with Crippen molar-refractivity contribution in [1.82, 2.24) is 4.57 Å². The number of aromatic nitrogens is 1. The maximum absolute atomic E-state index is 3.98. The highest BCUT2D eigenvalue weighted by atomic mass is 14.9. The molecule has 1 nitrogen and oxygen atoms in total. The van der Waals surface area contributed by atoms with Gasteiger partial charge in [0.2, 0.25) is 0 Å². The highest BCUT2D eigenvalue weighted by Crippen LogP contribution is 2.06. The largest absolute Gasteiger partial charge is 0.351 e. The van der Waals surface area contributed by atoms with Crippen LogP contribution in [0.3, 0.4) is 0 Å². The van der Waals surface area contributed by atoms with Crippen molar-refractivity contribution >= 4 is 12.7 Å². The Morgan fingerprint density at radius 3 is 2.31 bits per heavy atom. The molecule has 90 valence electrons. The van der Waals surface area contributed by atoms with E-state index in [4.69, 9.17) is 0 Å². The van der Waals surface area contributed by atoms with Crippen LogP contribution in [0.5, 0.6) is 0 Å². The molecule has 16 heavy (non-hydrogen) atoms. The lowest BCUT2D eigenvalue weighted by atomic mass is 10.1. The van der Waals surface area contributed by atoms with Gasteiger partial charge >= 0.3 is 0 Å². The average Bonchev–Trinajstić information content (AvgIpc) is 2.58. The number of aryl methyl sites for hydroxylation is 1. The van der Waals surface area contributed by atoms with Crippen LogP contribution in [0.25, 0.3) is 12.7 Å². The molecule has 0 atom stereocenters. The Morgan fingerprint density at radius 2 is 1.94 bits per heavy atom. The molecule has 0 unspecified atom stereocenters. The fourth-order valence-electron chi connectivity index (χ4n) is 1.22. The van der Waals surface area contributed by atoms with Crippen LogP contribution >= 0.6 is 0 Å². The van der Waals surface area contributed by atoms with Crippen molar-refractivity contribution in [2.45, 2.75) is 34.6 Å². The van der Waals surface area contributed by atoms with Crippen LogP contribution in [0, 0.1) is 5.92 Å². The molecule has 0 radical (unpaired) electrons. The fourth-order valence-corrected chi connectivity index (χ4v) is 1.22. The Labute approximate surface area is 99.8 Å². The molecule has 0 aliphatic heterocycles. The molecule has 1 aromatic heterocycles. The van der Waals surface area contributed by atoms with Crippen molar-refractivity contribution < 1.29 is 0 Å². The molecule has 0 spiro atoms. The molecular weight excluding hydrogens is 194 g/mol. The summed E-state index contributed by atoms with van der Waals surface area (Å²) >= 11 is 0. The van der Waals surface area contributed by atoms with Crippen LogP contribution in [0.4, 0.5) is 0 Å². The molecule has 0 saturated carbocycles. The molecule has 0 aromatic carbocycles. The molecule has 1 rings (SSSR count). The van der Waals surface area contributed by atoms with Crippen LogP contribution in [-0.4, -0.2) is 4.57 Å². The highest BCUT2D eigenvalue weighted by molar-refractivity contribution is 5.38. The highest BCUT2D eigenvalue weighted by Gasteiger charge is 1.93. The van der Waals surface area contributed by atoms with E-state index in [-0.39, 0.29) is 0 Å². The third-order valence-electron chi connectivity index (χ3n) is 2.62. The van der Waals surface area contributed by atoms with E-state index in [9.17, 15) is 0 Å². The third kappa shape index (κ3) is 4.09. The normalized spacial score (nSPS) is 12.7. The van der Waals surface area contributed by atoms with Crippen LogP contribution in [0.1, 0.15) is 34.6 Å². The summed E-state index contributed by atoms with van der Waals surface area (Å²) in [6, 6.07) is 2.03. The van der Waals surface area contributed by atoms with E-state index in [0.29, 0.717) is 5.92 Å². The van der Waals surface area contributed by atoms with Gasteiger partial charge in [-0.2, -0.15) is 0 Å². The van der Waals surface area contributed by atoms with Gasteiger partial charge in [0.05, 0.1) is 0 Å². The minimum Gasteiger partial charge on any atom is -0.351 e. The van der Waals surface area contributed by atoms with Gasteiger partial charge in [-0.25, -0.2) is 0 Å². The van der Waals surface area contributed by atoms with Gasteiger partial charge in [-0.1, -0.05) is 45.9 Å². The summed E-state index contributed by atoms with van der Waals surface area (Å²) in [4.78, 5) is 0. The minimum absolute atomic E-state index is 0.611. The van der Waals surface area contributed by atoms with E-state index in [1.165, 1.54) is 10.9 Å². The first-order chi connectivity index (χ1) is 7.52. The van der Waals surface area contributed by atoms with Gasteiger partial charge in [0.1, 0.15) is 0 Å². The van der Waals surface area contributed by atoms with Crippen LogP contribution < -0.4 is 10.6 Å². The Hall–Kier alpha value is -1.24. The van der Waals surface area contributed by atoms with Gasteiger partial charge < -0.3 is 4.57 Å². The van der Waals surface area contributed by atoms with Gasteiger partial charge in [-0.05, 0) is 30.2 Å². The summed E-state index contributed by atoms with van der Waals surface area (Å²) in [5.41, 5.74) is 1.39. The smallest absolute Gasteiger partial charge is 0.0471 e. The zero-order chi connectivity index (χ0) is 12.7. The SMILES string of the molecule is C=c1ccn(C)/c1=C/C=C(\C)C(C)C.CC. The van der Waals surface area contributed by atoms with Gasteiger partial charge in [0, 0.05) is 18.6 Å². The standard InChI is InChI=1S/C13H19N.C2H6/c1-10(2)11(3)6-7-13-12(4)8-9-14(13)5;1-2/h6-10H,4H2,1-3,5H3;1-2H3/b11-6+,13-7+;. The van der Waals surface area contributed by atoms with E-state index in [0.717, 1.165) is 5.22 Å². The second-order valence-electron chi connectivity index (χ2n) is 4.07. The molecule has 0 amide bonds. The molecule has 1 heteroatoms. The maximum atomic E-state index is 3.98. The molecule has 0 fully saturated rings. The van der Waals surface area contributed by atoms with Crippen LogP contribution in [0.2, 0.25) is 0 Å². The van der Waals surface area contributed by atoms with Crippen LogP contribution in [0.15, 0.2) is 23.9 Å². The number of hydrogen-bond acceptors (Lipinski definition) is 0. The van der Waals surface area contributed by atoms with E-state index in [2.05, 4.69) is 44.1 Å². The number of nitrogens with zero attached hydrogens (tertiary/aromatic N) is 1. The molecule has 0 saturated heterocycles. The van der Waals surface area contributed by atoms with Crippen molar-refractivity contribution in [2.75, 3.05) is 0 Å². The molecule has 1 heterocycles. The number of hydrogen-bond donors (Lipinski definition) is 0. The van der Waals surface area contributed by atoms with E-state index in [1.54, 1.807) is 0 Å². The molecule has 1 aromatic rings. The Kier molecular flexibility index (Phi) is 6.55. The summed E-state index contributed by atoms with van der Waals surface area (Å²) < 4.78 is 2.09. The molecule has 0 bridgehead atoms. The lowest BCUT2D eigenvalue weighted by molar-refractivity contribution is 0.770. The van der Waals surface area contributed by atoms with Crippen LogP contribution in [-0.2, 0) is 7.05 Å². The Balaban J connectivity index is 0.00000106. The zero-order valence-electron chi connectivity index (χ0n) is 11.5. The molecular formula is C15H25N. The topological polar surface area (TPSA) is 4.93 Å². The zero-order valence-corrected chi connectivity index (χ0v) is 11.5. The third-order valence-corrected chi connectivity index (χ3v) is 2.62. The molecule has 0 N–H and O–H groups in total. The molecule has 0 aliphatic rings. The van der Waals surface area contributed by atoms with Crippen molar-refractivity contribution in [3.8, 4) is 0 Å². The predicted molar refractivity (Wildman–Crippen MR) is 74.6 cm³/mol. The van der Waals surface area contributed by atoms with E-state index < -0.39 is 0 Å². The van der Waals surface area contributed by atoms with Crippen molar-refractivity contribution in [3.05, 3.63) is 34.5 Å². The van der Waals surface area contributed by atoms with Crippen molar-refractivity contribution in [1.29, 1.82) is 0 Å². The predicted octanol–water partition coefficient (Wildman–Crippen LogP) is 2.84. The Bertz CT molecular complexity index is 432. The lowest BCUT2D eigenvalue weighted by Gasteiger charge is -2.01. The van der Waals surface area contributed by atoms with Gasteiger partial charge in [-0.15, -0.1) is 0 Å². The minimum atomic E-state index is 0.611. The van der Waals surface area contributed by atoms with Crippen molar-refractivity contribution in [2.24, 2.45) is 13.0 Å². The summed E-state index contributed by atoms with van der Waals surface area (Å²) in [6.07, 6.45) is 6.35. The van der Waals surface area contributed by atoms with E-state index in [1.807, 2.05) is 33.2 Å². The maximum Gasteiger partial charge on any atom is 0.0471 e. The lowest BCUT2D eigenvalue weighted by Crippen LogP contribution is -2.25. The quantitative estimate of drug-likeness (QED) is 0.721. The van der Waals surface area contributed by atoms with Gasteiger partial charge in [0.25, 0.3) is 0 Å². The van der Waals surface area contributed by atoms with Gasteiger partial charge in [-0.3, -0.25) is 0 Å². The summed E-state index contributed by atoms with van der Waals surface area (Å²) in [5, 5.41) is 2.27. The number of rotatable bonds is 2. The number of allylic oxidation sites excluding steroid dienone is 2. The second-order valence-corrected chi connectivity index (χ2v) is 4.07. The first kappa shape index (κ1) is 14.8. The summed E-state index contributed by atoms with van der Waals surface area (Å²) in [7, 11) is 2.04. The summed E-state index contributed by atoms with van der Waals surface area (Å²) in [6.45, 7) is 14.6. The summed E-state index contributed by atoms with van der Waals surface area (Å²) in [5.74, 6) is 0.611. The Morgan fingerprint density at radius 1 is 1.38 bits per heavy atom. The monoisotopic (exact) mass is 219 g/mol. The first-order valence-electron chi connectivity index (χ1n) is 6.01. The molecule has 0 aliphatic carbocycles.